The van der Waals surface area contributed by atoms with Gasteiger partial charge in [-0.1, -0.05) is 39.0 Å². The van der Waals surface area contributed by atoms with Crippen LogP contribution in [-0.2, 0) is 9.59 Å². The Morgan fingerprint density at radius 2 is 2.06 bits per heavy atom. The summed E-state index contributed by atoms with van der Waals surface area (Å²) in [6.07, 6.45) is 7.46. The molecule has 16 heavy (non-hydrogen) atoms. The lowest BCUT2D eigenvalue weighted by Gasteiger charge is -2.31. The van der Waals surface area contributed by atoms with Crippen LogP contribution in [0.25, 0.3) is 0 Å². The molecule has 3 heteroatoms. The van der Waals surface area contributed by atoms with Crippen molar-refractivity contribution in [1.29, 1.82) is 0 Å². The summed E-state index contributed by atoms with van der Waals surface area (Å²) in [6, 6.07) is 0. The predicted octanol–water partition coefficient (Wildman–Crippen LogP) is 3.17. The van der Waals surface area contributed by atoms with Gasteiger partial charge < -0.3 is 5.11 Å². The molecule has 0 radical (unpaired) electrons. The molecule has 1 rings (SSSR count). The highest BCUT2D eigenvalue weighted by atomic mass is 16.4. The van der Waals surface area contributed by atoms with Crippen molar-refractivity contribution in [2.45, 2.75) is 64.7 Å². The van der Waals surface area contributed by atoms with Crippen LogP contribution in [0, 0.1) is 5.41 Å². The number of carboxylic acid groups (broad SMARTS) is 1. The summed E-state index contributed by atoms with van der Waals surface area (Å²) in [7, 11) is 0. The molecule has 0 aliphatic heterocycles. The normalized spacial score (nSPS) is 25.7. The number of aliphatic carboxylic acids is 1. The molecule has 1 saturated carbocycles. The second-order valence-corrected chi connectivity index (χ2v) is 4.83. The Morgan fingerprint density at radius 3 is 2.62 bits per heavy atom. The minimum Gasteiger partial charge on any atom is -0.480 e. The fraction of sp³-hybridized carbons (Fsp3) is 0.846. The van der Waals surface area contributed by atoms with Gasteiger partial charge in [0.25, 0.3) is 0 Å². The predicted molar refractivity (Wildman–Crippen MR) is 62.3 cm³/mol. The van der Waals surface area contributed by atoms with Crippen molar-refractivity contribution < 1.29 is 14.7 Å². The zero-order chi connectivity index (χ0) is 12.0. The van der Waals surface area contributed by atoms with Crippen molar-refractivity contribution in [1.82, 2.24) is 0 Å². The highest BCUT2D eigenvalue weighted by molar-refractivity contribution is 6.03. The number of hydrogen-bond donors (Lipinski definition) is 1. The van der Waals surface area contributed by atoms with E-state index in [0.29, 0.717) is 19.3 Å². The van der Waals surface area contributed by atoms with E-state index < -0.39 is 11.4 Å². The Morgan fingerprint density at radius 1 is 1.31 bits per heavy atom. The fourth-order valence-electron chi connectivity index (χ4n) is 2.54. The van der Waals surface area contributed by atoms with Gasteiger partial charge in [-0.3, -0.25) is 9.59 Å². The highest BCUT2D eigenvalue weighted by Gasteiger charge is 2.45. The van der Waals surface area contributed by atoms with E-state index in [4.69, 9.17) is 0 Å². The van der Waals surface area contributed by atoms with Gasteiger partial charge in [-0.2, -0.15) is 0 Å². The number of rotatable bonds is 6. The number of carbonyl (C=O) groups excluding carboxylic acids is 1. The smallest absolute Gasteiger partial charge is 0.317 e. The van der Waals surface area contributed by atoms with Gasteiger partial charge in [0.1, 0.15) is 11.2 Å². The molecule has 92 valence electrons. The van der Waals surface area contributed by atoms with Gasteiger partial charge in [0.2, 0.25) is 0 Å². The minimum atomic E-state index is -1.04. The molecule has 1 N–H and O–H groups in total. The first-order valence-corrected chi connectivity index (χ1v) is 6.40. The quantitative estimate of drug-likeness (QED) is 0.559. The summed E-state index contributed by atoms with van der Waals surface area (Å²) < 4.78 is 0. The van der Waals surface area contributed by atoms with Crippen LogP contribution in [0.5, 0.6) is 0 Å². The van der Waals surface area contributed by atoms with Crippen molar-refractivity contribution in [2.75, 3.05) is 0 Å². The number of unbranched alkanes of at least 4 members (excludes halogenated alkanes) is 3. The Hall–Kier alpha value is -0.860. The van der Waals surface area contributed by atoms with Gasteiger partial charge in [-0.15, -0.1) is 0 Å². The SMILES string of the molecule is CCCCCCC1(C(=O)O)CCCCC1=O. The average Bonchev–Trinajstić information content (AvgIpc) is 2.26. The maximum Gasteiger partial charge on any atom is 0.317 e. The van der Waals surface area contributed by atoms with E-state index in [1.165, 1.54) is 0 Å². The summed E-state index contributed by atoms with van der Waals surface area (Å²) in [6.45, 7) is 2.12. The lowest BCUT2D eigenvalue weighted by atomic mass is 9.70. The molecule has 0 spiro atoms. The van der Waals surface area contributed by atoms with E-state index >= 15 is 0 Å². The molecular weight excluding hydrogens is 204 g/mol. The summed E-state index contributed by atoms with van der Waals surface area (Å²) >= 11 is 0. The standard InChI is InChI=1S/C13H22O3/c1-2-3-4-6-9-13(12(15)16)10-7-5-8-11(13)14/h2-10H2,1H3,(H,15,16). The van der Waals surface area contributed by atoms with Crippen LogP contribution in [0.2, 0.25) is 0 Å². The van der Waals surface area contributed by atoms with Gasteiger partial charge in [-0.25, -0.2) is 0 Å². The Labute approximate surface area is 97.2 Å². The Balaban J connectivity index is 2.57. The zero-order valence-corrected chi connectivity index (χ0v) is 10.1. The van der Waals surface area contributed by atoms with Crippen molar-refractivity contribution in [2.24, 2.45) is 5.41 Å². The molecule has 0 aromatic carbocycles. The van der Waals surface area contributed by atoms with Crippen molar-refractivity contribution in [3.63, 3.8) is 0 Å². The molecule has 1 aliphatic rings. The monoisotopic (exact) mass is 226 g/mol. The zero-order valence-electron chi connectivity index (χ0n) is 10.1. The maximum atomic E-state index is 11.8. The van der Waals surface area contributed by atoms with Crippen molar-refractivity contribution >= 4 is 11.8 Å². The topological polar surface area (TPSA) is 54.4 Å². The van der Waals surface area contributed by atoms with E-state index in [2.05, 4.69) is 6.92 Å². The van der Waals surface area contributed by atoms with E-state index in [1.807, 2.05) is 0 Å². The molecule has 0 heterocycles. The summed E-state index contributed by atoms with van der Waals surface area (Å²) in [5.74, 6) is -0.934. The molecule has 1 atom stereocenters. The third-order valence-corrected chi connectivity index (χ3v) is 3.66. The van der Waals surface area contributed by atoms with Crippen LogP contribution in [0.1, 0.15) is 64.7 Å². The largest absolute Gasteiger partial charge is 0.480 e. The lowest BCUT2D eigenvalue weighted by Crippen LogP contribution is -2.41. The van der Waals surface area contributed by atoms with Crippen LogP contribution in [0.4, 0.5) is 0 Å². The number of carbonyl (C=O) groups is 2. The van der Waals surface area contributed by atoms with Crippen LogP contribution in [-0.4, -0.2) is 16.9 Å². The minimum absolute atomic E-state index is 0.0391. The second-order valence-electron chi connectivity index (χ2n) is 4.83. The number of Topliss-reactive ketones (excluding diaryl/α,β-unsaturated/α-hetero) is 1. The van der Waals surface area contributed by atoms with Crippen LogP contribution in [0.15, 0.2) is 0 Å². The third-order valence-electron chi connectivity index (χ3n) is 3.66. The third kappa shape index (κ3) is 2.83. The molecule has 1 unspecified atom stereocenters. The number of carboxylic acids is 1. The molecule has 1 fully saturated rings. The summed E-state index contributed by atoms with van der Waals surface area (Å²) in [4.78, 5) is 23.2. The first-order valence-electron chi connectivity index (χ1n) is 6.40. The molecule has 3 nitrogen and oxygen atoms in total. The van der Waals surface area contributed by atoms with Gasteiger partial charge in [0, 0.05) is 6.42 Å². The average molecular weight is 226 g/mol. The van der Waals surface area contributed by atoms with Gasteiger partial charge in [0.05, 0.1) is 0 Å². The molecule has 1 aliphatic carbocycles. The highest BCUT2D eigenvalue weighted by Crippen LogP contribution is 2.38. The van der Waals surface area contributed by atoms with Crippen LogP contribution < -0.4 is 0 Å². The molecule has 0 aromatic rings. The number of ketones is 1. The lowest BCUT2D eigenvalue weighted by molar-refractivity contribution is -0.157. The van der Waals surface area contributed by atoms with E-state index in [1.54, 1.807) is 0 Å². The summed E-state index contributed by atoms with van der Waals surface area (Å²) in [5, 5.41) is 9.29. The van der Waals surface area contributed by atoms with E-state index in [-0.39, 0.29) is 5.78 Å². The molecule has 0 bridgehead atoms. The van der Waals surface area contributed by atoms with Crippen molar-refractivity contribution in [3.8, 4) is 0 Å². The molecule has 0 amide bonds. The Kier molecular flexibility index (Phi) is 4.97. The molecular formula is C13H22O3. The molecule has 0 saturated heterocycles. The Bertz CT molecular complexity index is 260. The van der Waals surface area contributed by atoms with Gasteiger partial charge in [-0.05, 0) is 19.3 Å². The van der Waals surface area contributed by atoms with Gasteiger partial charge in [0.15, 0.2) is 0 Å². The maximum absolute atomic E-state index is 11.8. The van der Waals surface area contributed by atoms with E-state index in [0.717, 1.165) is 38.5 Å². The van der Waals surface area contributed by atoms with Crippen LogP contribution in [0.3, 0.4) is 0 Å². The summed E-state index contributed by atoms with van der Waals surface area (Å²) in [5.41, 5.74) is -1.04. The molecule has 0 aromatic heterocycles. The first kappa shape index (κ1) is 13.2. The second kappa shape index (κ2) is 6.02. The van der Waals surface area contributed by atoms with E-state index in [9.17, 15) is 14.7 Å². The van der Waals surface area contributed by atoms with Gasteiger partial charge >= 0.3 is 5.97 Å². The first-order chi connectivity index (χ1) is 7.63. The van der Waals surface area contributed by atoms with Crippen LogP contribution >= 0.6 is 0 Å². The van der Waals surface area contributed by atoms with Crippen molar-refractivity contribution in [3.05, 3.63) is 0 Å². The fourth-order valence-corrected chi connectivity index (χ4v) is 2.54. The number of hydrogen-bond acceptors (Lipinski definition) is 2.